The molecule has 2 aromatic rings. The van der Waals surface area contributed by atoms with Gasteiger partial charge in [0.15, 0.2) is 29.0 Å². The van der Waals surface area contributed by atoms with Crippen molar-refractivity contribution in [3.8, 4) is 0 Å². The normalized spacial score (nSPS) is 15.3. The van der Waals surface area contributed by atoms with Crippen molar-refractivity contribution in [2.24, 2.45) is 0 Å². The van der Waals surface area contributed by atoms with Crippen LogP contribution in [0, 0.1) is 29.1 Å². The molecule has 1 aliphatic heterocycles. The first-order valence-electron chi connectivity index (χ1n) is 8.02. The summed E-state index contributed by atoms with van der Waals surface area (Å²) < 4.78 is 71.9. The van der Waals surface area contributed by atoms with Crippen LogP contribution in [0.2, 0.25) is 0 Å². The van der Waals surface area contributed by atoms with Gasteiger partial charge in [-0.2, -0.15) is 0 Å². The summed E-state index contributed by atoms with van der Waals surface area (Å²) in [4.78, 5) is 14.2. The highest BCUT2D eigenvalue weighted by Crippen LogP contribution is 2.27. The number of rotatable bonds is 4. The number of benzene rings is 1. The number of nitrogens with zero attached hydrogens (tertiary/aromatic N) is 1. The summed E-state index contributed by atoms with van der Waals surface area (Å²) in [5.74, 6) is -11.7. The average molecular weight is 374 g/mol. The first kappa shape index (κ1) is 18.4. The Morgan fingerprint density at radius 3 is 2.12 bits per heavy atom. The predicted octanol–water partition coefficient (Wildman–Crippen LogP) is 4.21. The maximum absolute atomic E-state index is 13.6. The van der Waals surface area contributed by atoms with Crippen LogP contribution in [0.25, 0.3) is 0 Å². The van der Waals surface area contributed by atoms with Gasteiger partial charge in [0.2, 0.25) is 5.82 Å². The monoisotopic (exact) mass is 374 g/mol. The van der Waals surface area contributed by atoms with E-state index in [4.69, 9.17) is 4.42 Å². The molecule has 2 heterocycles. The van der Waals surface area contributed by atoms with Crippen LogP contribution in [0.5, 0.6) is 0 Å². The van der Waals surface area contributed by atoms with Crippen molar-refractivity contribution < 1.29 is 31.2 Å². The molecule has 1 aliphatic rings. The summed E-state index contributed by atoms with van der Waals surface area (Å²) in [6.07, 6.45) is 3.28. The minimum atomic E-state index is -2.29. The Kier molecular flexibility index (Phi) is 5.26. The number of anilines is 1. The second kappa shape index (κ2) is 7.45. The highest BCUT2D eigenvalue weighted by molar-refractivity contribution is 6.02. The highest BCUT2D eigenvalue weighted by Gasteiger charge is 2.27. The SMILES string of the molecule is O=C(Nc1c(F)c(F)c(F)c(F)c1F)c1ccc(CN2CCCCC2)o1. The molecule has 9 heteroatoms. The lowest BCUT2D eigenvalue weighted by molar-refractivity contribution is 0.0990. The van der Waals surface area contributed by atoms with Gasteiger partial charge in [0, 0.05) is 0 Å². The Morgan fingerprint density at radius 1 is 0.923 bits per heavy atom. The third-order valence-corrected chi connectivity index (χ3v) is 4.16. The molecule has 0 atom stereocenters. The number of amides is 1. The van der Waals surface area contributed by atoms with Crippen molar-refractivity contribution in [3.63, 3.8) is 0 Å². The summed E-state index contributed by atoms with van der Waals surface area (Å²) in [6, 6.07) is 2.81. The van der Waals surface area contributed by atoms with Gasteiger partial charge in [-0.15, -0.1) is 0 Å². The Labute approximate surface area is 145 Å². The van der Waals surface area contributed by atoms with Gasteiger partial charge in [0.05, 0.1) is 6.54 Å². The van der Waals surface area contributed by atoms with Crippen LogP contribution >= 0.6 is 0 Å². The standard InChI is InChI=1S/C17H15F5N2O2/c18-11-12(19)14(21)16(15(22)13(11)20)23-17(25)10-5-4-9(26-10)8-24-6-2-1-3-7-24/h4-5H,1-3,6-8H2,(H,23,25). The zero-order valence-corrected chi connectivity index (χ0v) is 13.6. The fraction of sp³-hybridized carbons (Fsp3) is 0.353. The lowest BCUT2D eigenvalue weighted by atomic mass is 10.1. The molecule has 1 aromatic heterocycles. The molecule has 0 saturated carbocycles. The van der Waals surface area contributed by atoms with Crippen molar-refractivity contribution in [1.29, 1.82) is 0 Å². The number of hydrogen-bond acceptors (Lipinski definition) is 3. The molecular formula is C17H15F5N2O2. The Hall–Kier alpha value is -2.42. The Bertz CT molecular complexity index is 802. The van der Waals surface area contributed by atoms with Gasteiger partial charge in [0.1, 0.15) is 11.4 Å². The summed E-state index contributed by atoms with van der Waals surface area (Å²) in [6.45, 7) is 2.26. The van der Waals surface area contributed by atoms with E-state index >= 15 is 0 Å². The van der Waals surface area contributed by atoms with E-state index in [2.05, 4.69) is 4.90 Å². The molecule has 1 amide bonds. The Balaban J connectivity index is 1.75. The number of furan rings is 1. The lowest BCUT2D eigenvalue weighted by Crippen LogP contribution is -2.28. The Morgan fingerprint density at radius 2 is 1.50 bits per heavy atom. The van der Waals surface area contributed by atoms with E-state index in [-0.39, 0.29) is 5.76 Å². The van der Waals surface area contributed by atoms with E-state index in [1.54, 1.807) is 5.32 Å². The number of carbonyl (C=O) groups excluding carboxylic acids is 1. The number of halogens is 5. The summed E-state index contributed by atoms with van der Waals surface area (Å²) in [5.41, 5.74) is -1.42. The number of piperidine rings is 1. The number of likely N-dealkylation sites (tertiary alicyclic amines) is 1. The fourth-order valence-corrected chi connectivity index (χ4v) is 2.81. The van der Waals surface area contributed by atoms with Crippen molar-refractivity contribution >= 4 is 11.6 Å². The molecular weight excluding hydrogens is 359 g/mol. The smallest absolute Gasteiger partial charge is 0.291 e. The van der Waals surface area contributed by atoms with E-state index in [0.717, 1.165) is 32.4 Å². The maximum atomic E-state index is 13.6. The second-order valence-corrected chi connectivity index (χ2v) is 6.00. The summed E-state index contributed by atoms with van der Waals surface area (Å²) in [5, 5.41) is 1.68. The summed E-state index contributed by atoms with van der Waals surface area (Å²) in [7, 11) is 0. The molecule has 1 fully saturated rings. The fourth-order valence-electron chi connectivity index (χ4n) is 2.81. The van der Waals surface area contributed by atoms with Crippen molar-refractivity contribution in [3.05, 3.63) is 52.7 Å². The average Bonchev–Trinajstić information content (AvgIpc) is 3.11. The molecule has 3 rings (SSSR count). The van der Waals surface area contributed by atoms with Gasteiger partial charge in [-0.3, -0.25) is 9.69 Å². The molecule has 0 radical (unpaired) electrons. The largest absolute Gasteiger partial charge is 0.455 e. The van der Waals surface area contributed by atoms with Gasteiger partial charge >= 0.3 is 0 Å². The highest BCUT2D eigenvalue weighted by atomic mass is 19.2. The van der Waals surface area contributed by atoms with Crippen LogP contribution in [0.3, 0.4) is 0 Å². The van der Waals surface area contributed by atoms with E-state index in [1.807, 2.05) is 0 Å². The van der Waals surface area contributed by atoms with Crippen LogP contribution < -0.4 is 5.32 Å². The first-order valence-corrected chi connectivity index (χ1v) is 8.02. The van der Waals surface area contributed by atoms with Gasteiger partial charge in [-0.1, -0.05) is 6.42 Å². The third kappa shape index (κ3) is 3.57. The van der Waals surface area contributed by atoms with Crippen molar-refractivity contribution in [2.45, 2.75) is 25.8 Å². The van der Waals surface area contributed by atoms with Crippen LogP contribution in [-0.2, 0) is 6.54 Å². The minimum Gasteiger partial charge on any atom is -0.455 e. The van der Waals surface area contributed by atoms with Crippen LogP contribution in [0.15, 0.2) is 16.5 Å². The molecule has 26 heavy (non-hydrogen) atoms. The molecule has 1 aromatic carbocycles. The molecule has 4 nitrogen and oxygen atoms in total. The molecule has 1 saturated heterocycles. The van der Waals surface area contributed by atoms with Gasteiger partial charge in [-0.25, -0.2) is 22.0 Å². The zero-order valence-electron chi connectivity index (χ0n) is 13.6. The summed E-state index contributed by atoms with van der Waals surface area (Å²) >= 11 is 0. The topological polar surface area (TPSA) is 45.5 Å². The van der Waals surface area contributed by atoms with Crippen LogP contribution in [0.4, 0.5) is 27.6 Å². The van der Waals surface area contributed by atoms with E-state index < -0.39 is 40.7 Å². The number of hydrogen-bond donors (Lipinski definition) is 1. The third-order valence-electron chi connectivity index (χ3n) is 4.16. The number of nitrogens with one attached hydrogen (secondary N) is 1. The molecule has 140 valence electrons. The predicted molar refractivity (Wildman–Crippen MR) is 82.0 cm³/mol. The molecule has 0 unspecified atom stereocenters. The minimum absolute atomic E-state index is 0.291. The molecule has 0 bridgehead atoms. The van der Waals surface area contributed by atoms with Crippen molar-refractivity contribution in [2.75, 3.05) is 18.4 Å². The molecule has 1 N–H and O–H groups in total. The second-order valence-electron chi connectivity index (χ2n) is 6.00. The molecule has 0 spiro atoms. The van der Waals surface area contributed by atoms with Crippen LogP contribution in [-0.4, -0.2) is 23.9 Å². The van der Waals surface area contributed by atoms with Gasteiger partial charge in [-0.05, 0) is 38.1 Å². The first-order chi connectivity index (χ1) is 12.4. The maximum Gasteiger partial charge on any atom is 0.291 e. The van der Waals surface area contributed by atoms with E-state index in [0.29, 0.717) is 12.3 Å². The quantitative estimate of drug-likeness (QED) is 0.495. The number of carbonyl (C=O) groups is 1. The van der Waals surface area contributed by atoms with Crippen molar-refractivity contribution in [1.82, 2.24) is 4.90 Å². The van der Waals surface area contributed by atoms with Gasteiger partial charge < -0.3 is 9.73 Å². The lowest BCUT2D eigenvalue weighted by Gasteiger charge is -2.25. The van der Waals surface area contributed by atoms with E-state index in [1.165, 1.54) is 12.1 Å². The van der Waals surface area contributed by atoms with E-state index in [9.17, 15) is 26.7 Å². The van der Waals surface area contributed by atoms with Crippen LogP contribution in [0.1, 0.15) is 35.6 Å². The zero-order chi connectivity index (χ0) is 18.8. The van der Waals surface area contributed by atoms with Gasteiger partial charge in [0.25, 0.3) is 5.91 Å². The molecule has 0 aliphatic carbocycles.